The van der Waals surface area contributed by atoms with Crippen molar-refractivity contribution in [3.63, 3.8) is 0 Å². The molecule has 7 aromatic rings. The van der Waals surface area contributed by atoms with Crippen molar-refractivity contribution in [2.24, 2.45) is 7.05 Å². The number of rotatable bonds is 24. The molecular formula is C70H75FN10O19. The first-order chi connectivity index (χ1) is 48.1. The van der Waals surface area contributed by atoms with Crippen molar-refractivity contribution in [2.75, 3.05) is 38.4 Å². The number of aliphatic hydroxyl groups is 4. The fourth-order valence-electron chi connectivity index (χ4n) is 13.6. The zero-order chi connectivity index (χ0) is 70.8. The van der Waals surface area contributed by atoms with Crippen molar-refractivity contribution in [1.29, 1.82) is 0 Å². The molecule has 29 nitrogen and oxygen atoms in total. The second-order valence-corrected chi connectivity index (χ2v) is 25.2. The molecule has 0 saturated carbocycles. The molecule has 3 aromatic heterocycles. The van der Waals surface area contributed by atoms with Crippen LogP contribution in [-0.2, 0) is 104 Å². The van der Waals surface area contributed by atoms with E-state index >= 15 is 4.39 Å². The fraction of sp³-hybridized carbons (Fsp3) is 0.414. The summed E-state index contributed by atoms with van der Waals surface area (Å²) in [7, 11) is 3.28. The molecular weight excluding hydrogens is 1300 g/mol. The van der Waals surface area contributed by atoms with Crippen molar-refractivity contribution in [1.82, 2.24) is 45.8 Å². The number of carbonyl (C=O) groups is 7. The first kappa shape index (κ1) is 69.8. The van der Waals surface area contributed by atoms with Gasteiger partial charge < -0.3 is 84.7 Å². The van der Waals surface area contributed by atoms with Crippen LogP contribution in [0, 0.1) is 12.7 Å². The minimum Gasteiger partial charge on any atom is -0.479 e. The molecule has 5 aliphatic rings. The predicted molar refractivity (Wildman–Crippen MR) is 351 cm³/mol. The third-order valence-electron chi connectivity index (χ3n) is 19.0. The Balaban J connectivity index is 0.759. The molecule has 0 radical (unpaired) electrons. The van der Waals surface area contributed by atoms with Gasteiger partial charge in [-0.1, -0.05) is 60.7 Å². The first-order valence-electron chi connectivity index (χ1n) is 32.8. The summed E-state index contributed by atoms with van der Waals surface area (Å²) in [6, 6.07) is 19.9. The normalized spacial score (nSPS) is 20.4. The summed E-state index contributed by atoms with van der Waals surface area (Å²) >= 11 is 0. The minimum atomic E-state index is -2.12. The number of nitrogens with one attached hydrogen (secondary N) is 4. The van der Waals surface area contributed by atoms with Crippen LogP contribution in [0.2, 0.25) is 0 Å². The maximum absolute atomic E-state index is 15.7. The smallest absolute Gasteiger partial charge is 0.407 e. The lowest BCUT2D eigenvalue weighted by Crippen LogP contribution is -2.61. The number of aliphatic carboxylic acids is 1. The molecule has 5 amide bonds. The predicted octanol–water partition coefficient (Wildman–Crippen LogP) is 3.55. The number of hydrogen-bond acceptors (Lipinski definition) is 21. The number of anilines is 1. The molecule has 8 atom stereocenters. The van der Waals surface area contributed by atoms with Crippen LogP contribution in [0.15, 0.2) is 83.7 Å². The largest absolute Gasteiger partial charge is 0.479 e. The van der Waals surface area contributed by atoms with Crippen LogP contribution >= 0.6 is 0 Å². The molecule has 8 unspecified atom stereocenters. The van der Waals surface area contributed by atoms with Crippen molar-refractivity contribution < 1.29 is 91.9 Å². The molecule has 100 heavy (non-hydrogen) atoms. The standard InChI is InChI=1S/C70H75FN10O19/c1-5-70(94)44-27-50-57-42(32-81(50)65(89)43(44)34-97-68(70)92)56-46(20-19-39-35(2)45(71)28-47(75-57)55(39)56)76-69(93)98-33-36-18-21-51(99-67-62(87)60(85)61(86)63(100-67)66(90)91)38(26-36)29-73-64(88)48(30-72-52(82)22-23-96-25-24-95-4)74-53(83)16-10-11-17-54(84)80-31-37-12-6-7-13-40(37)58-59(79(3)78-77-58)41-14-8-9-15-49(41)80/h6-9,12-15,18,21,26-28,46,48,60-63,67,85-87,94H,5,10-11,16-17,19-20,22-25,29-34H2,1-4H3,(H,72,82)(H,73,88)(H,74,83)(H,76,93)(H,90,91). The Morgan fingerprint density at radius 3 is 2.40 bits per heavy atom. The van der Waals surface area contributed by atoms with Crippen LogP contribution in [0.5, 0.6) is 5.75 Å². The van der Waals surface area contributed by atoms with E-state index in [0.29, 0.717) is 45.4 Å². The number of unbranched alkanes of at least 4 members (excludes halogenated alkanes) is 1. The molecule has 12 rings (SSSR count). The quantitative estimate of drug-likeness (QED) is 0.0308. The summed E-state index contributed by atoms with van der Waals surface area (Å²) in [4.78, 5) is 116. The number of amides is 5. The van der Waals surface area contributed by atoms with E-state index in [1.807, 2.05) is 48.5 Å². The van der Waals surface area contributed by atoms with E-state index in [4.69, 9.17) is 33.4 Å². The zero-order valence-corrected chi connectivity index (χ0v) is 55.1. The average molecular weight is 1380 g/mol. The lowest BCUT2D eigenvalue weighted by molar-refractivity contribution is -0.271. The van der Waals surface area contributed by atoms with Gasteiger partial charge in [0.1, 0.15) is 54.8 Å². The number of ether oxygens (including phenoxy) is 6. The summed E-state index contributed by atoms with van der Waals surface area (Å²) in [5, 5.41) is 73.9. The number of para-hydroxylation sites is 1. The van der Waals surface area contributed by atoms with Crippen LogP contribution in [0.25, 0.3) is 44.8 Å². The number of benzene rings is 4. The summed E-state index contributed by atoms with van der Waals surface area (Å²) in [6.45, 7) is 2.28. The topological polar surface area (TPSA) is 393 Å². The van der Waals surface area contributed by atoms with Gasteiger partial charge >= 0.3 is 18.0 Å². The van der Waals surface area contributed by atoms with Gasteiger partial charge in [-0.15, -0.1) is 5.10 Å². The number of cyclic esters (lactones) is 1. The van der Waals surface area contributed by atoms with Crippen LogP contribution in [-0.4, -0.2) is 162 Å². The number of carboxylic acid groups (broad SMARTS) is 1. The van der Waals surface area contributed by atoms with Gasteiger partial charge in [-0.2, -0.15) is 0 Å². The third kappa shape index (κ3) is 13.7. The molecule has 0 spiro atoms. The van der Waals surface area contributed by atoms with E-state index in [1.165, 1.54) is 42.0 Å². The maximum Gasteiger partial charge on any atom is 0.407 e. The molecule has 4 aliphatic heterocycles. The van der Waals surface area contributed by atoms with E-state index in [0.717, 1.165) is 22.4 Å². The van der Waals surface area contributed by atoms with Gasteiger partial charge in [-0.05, 0) is 91.1 Å². The number of nitrogens with zero attached hydrogens (tertiary/aromatic N) is 6. The number of alkyl carbamates (subject to hydrolysis) is 1. The Hall–Kier alpha value is -10.1. The highest BCUT2D eigenvalue weighted by Crippen LogP contribution is 2.47. The van der Waals surface area contributed by atoms with Gasteiger partial charge in [-0.3, -0.25) is 24.0 Å². The number of pyridine rings is 2. The van der Waals surface area contributed by atoms with Gasteiger partial charge in [0, 0.05) is 85.8 Å². The summed E-state index contributed by atoms with van der Waals surface area (Å²) < 4.78 is 51.8. The third-order valence-corrected chi connectivity index (χ3v) is 19.0. The van der Waals surface area contributed by atoms with Crippen molar-refractivity contribution in [3.05, 3.63) is 145 Å². The van der Waals surface area contributed by atoms with E-state index in [9.17, 15) is 63.9 Å². The Morgan fingerprint density at radius 2 is 1.62 bits per heavy atom. The molecule has 1 fully saturated rings. The summed E-state index contributed by atoms with van der Waals surface area (Å²) in [5.74, 6) is -5.40. The Labute approximate surface area is 570 Å². The number of carbonyl (C=O) groups excluding carboxylic acids is 6. The van der Waals surface area contributed by atoms with Crippen LogP contribution in [0.3, 0.4) is 0 Å². The number of esters is 1. The number of halogens is 1. The van der Waals surface area contributed by atoms with Gasteiger partial charge in [0.2, 0.25) is 29.9 Å². The number of fused-ring (bicyclic) bond motifs is 10. The maximum atomic E-state index is 15.7. The highest BCUT2D eigenvalue weighted by atomic mass is 19.1. The number of hydrogen-bond donors (Lipinski definition) is 9. The second-order valence-electron chi connectivity index (χ2n) is 25.2. The Bertz CT molecular complexity index is 4470. The second kappa shape index (κ2) is 29.4. The number of aromatic nitrogens is 5. The molecule has 7 heterocycles. The van der Waals surface area contributed by atoms with Crippen LogP contribution < -0.4 is 36.5 Å². The Kier molecular flexibility index (Phi) is 20.5. The van der Waals surface area contributed by atoms with E-state index in [1.54, 1.807) is 30.5 Å². The van der Waals surface area contributed by atoms with Gasteiger partial charge in [0.25, 0.3) is 5.56 Å². The monoisotopic (exact) mass is 1380 g/mol. The summed E-state index contributed by atoms with van der Waals surface area (Å²) in [6.07, 6.45) is -10.2. The number of methoxy groups -OCH3 is 1. The number of carboxylic acids is 1. The number of aliphatic hydroxyl groups excluding tert-OH is 3. The van der Waals surface area contributed by atoms with Crippen molar-refractivity contribution >= 4 is 58.3 Å². The van der Waals surface area contributed by atoms with Crippen LogP contribution in [0.1, 0.15) is 108 Å². The Morgan fingerprint density at radius 1 is 0.850 bits per heavy atom. The average Bonchev–Trinajstić information content (AvgIpc) is 1.49. The SMILES string of the molecule is CCC1(O)C(=O)OCc2c1cc1n(c2=O)Cc2c-1nc1cc(F)c(C)c3c1c2C(NC(=O)OCc1ccc(OC2OC(C(=O)O)C(O)C(O)C2O)c(CNC(=O)C(CNC(=O)CCOCCOC)NC(=O)CCCCC(=O)N2Cc4ccccc4-c4nnn(C)c4-c4ccccc42)c1)CC3. The minimum absolute atomic E-state index is 0.0170. The van der Waals surface area contributed by atoms with Gasteiger partial charge in [-0.25, -0.2) is 28.4 Å². The zero-order valence-electron chi connectivity index (χ0n) is 55.1. The van der Waals surface area contributed by atoms with E-state index < -0.39 is 115 Å². The van der Waals surface area contributed by atoms with Gasteiger partial charge in [0.15, 0.2) is 11.7 Å². The van der Waals surface area contributed by atoms with Crippen molar-refractivity contribution in [3.8, 4) is 39.7 Å². The lowest BCUT2D eigenvalue weighted by Gasteiger charge is -2.38. The van der Waals surface area contributed by atoms with Crippen molar-refractivity contribution in [2.45, 2.75) is 146 Å². The number of aryl methyl sites for hydroxylation is 2. The van der Waals surface area contributed by atoms with E-state index in [-0.39, 0.29) is 135 Å². The molecule has 1 aliphatic carbocycles. The lowest BCUT2D eigenvalue weighted by atomic mass is 9.81. The summed E-state index contributed by atoms with van der Waals surface area (Å²) in [5.41, 5.74) is 5.39. The first-order valence-corrected chi connectivity index (χ1v) is 32.8. The molecule has 526 valence electrons. The van der Waals surface area contributed by atoms with Gasteiger partial charge in [0.05, 0.1) is 72.8 Å². The molecule has 30 heteroatoms. The fourth-order valence-corrected chi connectivity index (χ4v) is 13.6. The van der Waals surface area contributed by atoms with Crippen LogP contribution in [0.4, 0.5) is 14.9 Å². The molecule has 0 bridgehead atoms. The molecule has 1 saturated heterocycles. The molecule has 4 aromatic carbocycles. The molecule has 9 N–H and O–H groups in total. The van der Waals surface area contributed by atoms with E-state index in [2.05, 4.69) is 31.6 Å². The highest BCUT2D eigenvalue weighted by molar-refractivity contribution is 6.00. The highest BCUT2D eigenvalue weighted by Gasteiger charge is 2.49.